The molecule has 1 heterocycles. The standard InChI is InChI=1S/C16H14BrFN4O2/c1-23-14-6-4-10(7-15(14)24-2)16-19-21-22(20-16)9-11-3-5-12(18)8-13(11)17/h3-8H,9H2,1-2H3. The average Bonchev–Trinajstić information content (AvgIpc) is 3.05. The van der Waals surface area contributed by atoms with Crippen LogP contribution >= 0.6 is 15.9 Å². The van der Waals surface area contributed by atoms with Crippen molar-refractivity contribution < 1.29 is 13.9 Å². The Balaban J connectivity index is 1.85. The largest absolute Gasteiger partial charge is 0.493 e. The first-order valence-electron chi connectivity index (χ1n) is 7.05. The van der Waals surface area contributed by atoms with Crippen molar-refractivity contribution >= 4 is 15.9 Å². The molecule has 2 aromatic carbocycles. The van der Waals surface area contributed by atoms with E-state index in [0.29, 0.717) is 28.3 Å². The molecule has 124 valence electrons. The summed E-state index contributed by atoms with van der Waals surface area (Å²) >= 11 is 3.33. The lowest BCUT2D eigenvalue weighted by Gasteiger charge is -2.07. The lowest BCUT2D eigenvalue weighted by atomic mass is 10.2. The Morgan fingerprint density at radius 2 is 1.88 bits per heavy atom. The molecule has 0 fully saturated rings. The Hall–Kier alpha value is -2.48. The highest BCUT2D eigenvalue weighted by Crippen LogP contribution is 2.30. The molecule has 0 aliphatic heterocycles. The molecular weight excluding hydrogens is 379 g/mol. The summed E-state index contributed by atoms with van der Waals surface area (Å²) in [5, 5.41) is 12.4. The second-order valence-corrected chi connectivity index (χ2v) is 5.80. The summed E-state index contributed by atoms with van der Waals surface area (Å²) in [6.45, 7) is 0.376. The Morgan fingerprint density at radius 3 is 2.58 bits per heavy atom. The molecule has 0 unspecified atom stereocenters. The van der Waals surface area contributed by atoms with Gasteiger partial charge in [-0.15, -0.1) is 10.2 Å². The van der Waals surface area contributed by atoms with Crippen LogP contribution in [-0.2, 0) is 6.54 Å². The highest BCUT2D eigenvalue weighted by atomic mass is 79.9. The fraction of sp³-hybridized carbons (Fsp3) is 0.188. The number of nitrogens with zero attached hydrogens (tertiary/aromatic N) is 4. The van der Waals surface area contributed by atoms with E-state index < -0.39 is 0 Å². The molecule has 3 aromatic rings. The number of hydrogen-bond acceptors (Lipinski definition) is 5. The molecule has 0 N–H and O–H groups in total. The van der Waals surface area contributed by atoms with Gasteiger partial charge < -0.3 is 9.47 Å². The highest BCUT2D eigenvalue weighted by molar-refractivity contribution is 9.10. The Kier molecular flexibility index (Phi) is 4.75. The first-order chi connectivity index (χ1) is 11.6. The van der Waals surface area contributed by atoms with Crippen LogP contribution in [0.1, 0.15) is 5.56 Å². The van der Waals surface area contributed by atoms with Crippen LogP contribution in [0.3, 0.4) is 0 Å². The number of methoxy groups -OCH3 is 2. The van der Waals surface area contributed by atoms with Crippen molar-refractivity contribution in [2.45, 2.75) is 6.54 Å². The number of halogens is 2. The predicted molar refractivity (Wildman–Crippen MR) is 89.6 cm³/mol. The minimum atomic E-state index is -0.303. The van der Waals surface area contributed by atoms with Gasteiger partial charge in [-0.3, -0.25) is 0 Å². The SMILES string of the molecule is COc1ccc(-c2nnn(Cc3ccc(F)cc3Br)n2)cc1OC. The van der Waals surface area contributed by atoms with Gasteiger partial charge in [0.1, 0.15) is 5.82 Å². The van der Waals surface area contributed by atoms with E-state index in [4.69, 9.17) is 9.47 Å². The van der Waals surface area contributed by atoms with Crippen molar-refractivity contribution in [3.63, 3.8) is 0 Å². The summed E-state index contributed by atoms with van der Waals surface area (Å²) in [6.07, 6.45) is 0. The van der Waals surface area contributed by atoms with E-state index in [-0.39, 0.29) is 5.82 Å². The molecule has 0 aliphatic carbocycles. The van der Waals surface area contributed by atoms with Crippen molar-refractivity contribution in [1.29, 1.82) is 0 Å². The van der Waals surface area contributed by atoms with Gasteiger partial charge in [-0.25, -0.2) is 4.39 Å². The van der Waals surface area contributed by atoms with Crippen LogP contribution < -0.4 is 9.47 Å². The van der Waals surface area contributed by atoms with E-state index in [1.165, 1.54) is 16.9 Å². The van der Waals surface area contributed by atoms with Gasteiger partial charge in [-0.2, -0.15) is 4.80 Å². The number of benzene rings is 2. The van der Waals surface area contributed by atoms with Gasteiger partial charge in [0, 0.05) is 10.0 Å². The maximum Gasteiger partial charge on any atom is 0.205 e. The van der Waals surface area contributed by atoms with Crippen LogP contribution in [0, 0.1) is 5.82 Å². The molecule has 0 amide bonds. The molecular formula is C16H14BrFN4O2. The maximum atomic E-state index is 13.1. The molecule has 0 saturated carbocycles. The monoisotopic (exact) mass is 392 g/mol. The third kappa shape index (κ3) is 3.38. The van der Waals surface area contributed by atoms with Crippen molar-refractivity contribution in [3.05, 3.63) is 52.3 Å². The van der Waals surface area contributed by atoms with E-state index in [1.54, 1.807) is 32.4 Å². The van der Waals surface area contributed by atoms with E-state index in [9.17, 15) is 4.39 Å². The molecule has 0 radical (unpaired) electrons. The zero-order chi connectivity index (χ0) is 17.1. The molecule has 0 aliphatic rings. The van der Waals surface area contributed by atoms with Crippen molar-refractivity contribution in [1.82, 2.24) is 20.2 Å². The van der Waals surface area contributed by atoms with Gasteiger partial charge in [0.05, 0.1) is 20.8 Å². The third-order valence-corrected chi connectivity index (χ3v) is 4.16. The van der Waals surface area contributed by atoms with Crippen LogP contribution in [0.15, 0.2) is 40.9 Å². The van der Waals surface area contributed by atoms with Gasteiger partial charge in [0.25, 0.3) is 0 Å². The summed E-state index contributed by atoms with van der Waals surface area (Å²) in [4.78, 5) is 1.45. The fourth-order valence-corrected chi connectivity index (χ4v) is 2.68. The smallest absolute Gasteiger partial charge is 0.205 e. The molecule has 8 heteroatoms. The Labute approximate surface area is 146 Å². The molecule has 6 nitrogen and oxygen atoms in total. The molecule has 0 bridgehead atoms. The highest BCUT2D eigenvalue weighted by Gasteiger charge is 2.11. The van der Waals surface area contributed by atoms with Gasteiger partial charge in [-0.1, -0.05) is 22.0 Å². The fourth-order valence-electron chi connectivity index (χ4n) is 2.20. The predicted octanol–water partition coefficient (Wildman–Crippen LogP) is 3.31. The quantitative estimate of drug-likeness (QED) is 0.666. The normalized spacial score (nSPS) is 10.7. The summed E-state index contributed by atoms with van der Waals surface area (Å²) in [6, 6.07) is 9.88. The van der Waals surface area contributed by atoms with E-state index in [1.807, 2.05) is 6.07 Å². The van der Waals surface area contributed by atoms with Crippen molar-refractivity contribution in [3.8, 4) is 22.9 Å². The van der Waals surface area contributed by atoms with Gasteiger partial charge in [0.15, 0.2) is 11.5 Å². The summed E-state index contributed by atoms with van der Waals surface area (Å²) in [7, 11) is 3.14. The minimum Gasteiger partial charge on any atom is -0.493 e. The Morgan fingerprint density at radius 1 is 1.08 bits per heavy atom. The first-order valence-corrected chi connectivity index (χ1v) is 7.84. The van der Waals surface area contributed by atoms with Gasteiger partial charge in [0.2, 0.25) is 5.82 Å². The summed E-state index contributed by atoms with van der Waals surface area (Å²) in [5.74, 6) is 1.38. The van der Waals surface area contributed by atoms with E-state index >= 15 is 0 Å². The van der Waals surface area contributed by atoms with Gasteiger partial charge in [-0.05, 0) is 41.1 Å². The molecule has 0 saturated heterocycles. The zero-order valence-electron chi connectivity index (χ0n) is 13.0. The molecule has 24 heavy (non-hydrogen) atoms. The summed E-state index contributed by atoms with van der Waals surface area (Å²) < 4.78 is 24.3. The van der Waals surface area contributed by atoms with E-state index in [0.717, 1.165) is 11.1 Å². The molecule has 0 atom stereocenters. The van der Waals surface area contributed by atoms with Crippen LogP contribution in [-0.4, -0.2) is 34.4 Å². The lowest BCUT2D eigenvalue weighted by molar-refractivity contribution is 0.355. The van der Waals surface area contributed by atoms with Crippen molar-refractivity contribution in [2.75, 3.05) is 14.2 Å². The molecule has 1 aromatic heterocycles. The second-order valence-electron chi connectivity index (χ2n) is 4.95. The van der Waals surface area contributed by atoms with Crippen LogP contribution in [0.4, 0.5) is 4.39 Å². The summed E-state index contributed by atoms with van der Waals surface area (Å²) in [5.41, 5.74) is 1.62. The average molecular weight is 393 g/mol. The maximum absolute atomic E-state index is 13.1. The Bertz CT molecular complexity index is 869. The zero-order valence-corrected chi connectivity index (χ0v) is 14.6. The van der Waals surface area contributed by atoms with Crippen LogP contribution in [0.25, 0.3) is 11.4 Å². The van der Waals surface area contributed by atoms with Crippen molar-refractivity contribution in [2.24, 2.45) is 0 Å². The number of rotatable bonds is 5. The topological polar surface area (TPSA) is 62.1 Å². The van der Waals surface area contributed by atoms with Gasteiger partial charge >= 0.3 is 0 Å². The third-order valence-electron chi connectivity index (χ3n) is 3.42. The minimum absolute atomic E-state index is 0.303. The first kappa shape index (κ1) is 16.4. The molecule has 0 spiro atoms. The van der Waals surface area contributed by atoms with E-state index in [2.05, 4.69) is 31.3 Å². The van der Waals surface area contributed by atoms with Crippen LogP contribution in [0.5, 0.6) is 11.5 Å². The van der Waals surface area contributed by atoms with Crippen LogP contribution in [0.2, 0.25) is 0 Å². The number of hydrogen-bond donors (Lipinski definition) is 0. The number of tetrazole rings is 1. The molecule has 3 rings (SSSR count). The number of aromatic nitrogens is 4. The lowest BCUT2D eigenvalue weighted by Crippen LogP contribution is -2.04. The number of ether oxygens (including phenoxy) is 2. The second kappa shape index (κ2) is 6.96.